The summed E-state index contributed by atoms with van der Waals surface area (Å²) in [6, 6.07) is 18.0. The van der Waals surface area contributed by atoms with Gasteiger partial charge in [0.15, 0.2) is 14.4 Å². The van der Waals surface area contributed by atoms with Gasteiger partial charge in [0.1, 0.15) is 6.54 Å². The maximum atomic E-state index is 4.77. The summed E-state index contributed by atoms with van der Waals surface area (Å²) in [7, 11) is 0. The number of allylic oxidation sites excluding steroid dienone is 7. The number of thioether (sulfide) groups is 2. The van der Waals surface area contributed by atoms with Crippen molar-refractivity contribution < 1.29 is 4.58 Å². The summed E-state index contributed by atoms with van der Waals surface area (Å²) in [5.74, 6) is 1.87. The Morgan fingerprint density at radius 1 is 0.815 bits per heavy atom. The third-order valence-electron chi connectivity index (χ3n) is 11.8. The summed E-state index contributed by atoms with van der Waals surface area (Å²) in [5.41, 5.74) is 11.1. The van der Waals surface area contributed by atoms with Gasteiger partial charge in [-0.3, -0.25) is 0 Å². The minimum absolute atomic E-state index is 0.0553. The average Bonchev–Trinajstić information content (AvgIpc) is 3.89. The highest BCUT2D eigenvalue weighted by Gasteiger charge is 2.44. The average molecular weight is 780 g/mol. The third-order valence-corrected chi connectivity index (χ3v) is 15.3. The number of para-hydroxylation sites is 2. The molecule has 3 aromatic rings. The molecule has 2 aromatic carbocycles. The second kappa shape index (κ2) is 18.4. The lowest BCUT2D eigenvalue weighted by atomic mass is 9.81. The van der Waals surface area contributed by atoms with Crippen molar-refractivity contribution in [2.75, 3.05) is 23.7 Å². The van der Waals surface area contributed by atoms with E-state index in [0.717, 1.165) is 46.3 Å². The van der Waals surface area contributed by atoms with Crippen molar-refractivity contribution in [2.24, 2.45) is 5.92 Å². The van der Waals surface area contributed by atoms with E-state index in [2.05, 4.69) is 138 Å². The number of benzene rings is 2. The Bertz CT molecular complexity index is 1920. The van der Waals surface area contributed by atoms with Crippen LogP contribution in [0.1, 0.15) is 131 Å². The minimum Gasteiger partial charge on any atom is -0.344 e. The Labute approximate surface area is 339 Å². The second-order valence-electron chi connectivity index (χ2n) is 16.3. The summed E-state index contributed by atoms with van der Waals surface area (Å²) in [6.07, 6.45) is 21.7. The fraction of sp³-hybridized carbons (Fsp3) is 0.511. The molecule has 0 saturated carbocycles. The van der Waals surface area contributed by atoms with Gasteiger partial charge < -0.3 is 4.90 Å². The molecule has 1 aromatic heterocycles. The van der Waals surface area contributed by atoms with Crippen LogP contribution >= 0.6 is 34.9 Å². The van der Waals surface area contributed by atoms with Crippen LogP contribution in [0.2, 0.25) is 0 Å². The molecule has 1 unspecified atom stereocenters. The Morgan fingerprint density at radius 2 is 1.54 bits per heavy atom. The van der Waals surface area contributed by atoms with Crippen LogP contribution < -0.4 is 4.90 Å². The summed E-state index contributed by atoms with van der Waals surface area (Å²) < 4.78 is 4.73. The van der Waals surface area contributed by atoms with E-state index in [9.17, 15) is 0 Å². The van der Waals surface area contributed by atoms with E-state index in [1.807, 2.05) is 23.5 Å². The monoisotopic (exact) mass is 779 g/mol. The fourth-order valence-electron chi connectivity index (χ4n) is 8.38. The van der Waals surface area contributed by atoms with Gasteiger partial charge in [0.25, 0.3) is 0 Å². The van der Waals surface area contributed by atoms with Crippen molar-refractivity contribution in [3.8, 4) is 0 Å². The molecule has 6 rings (SSSR count). The predicted molar refractivity (Wildman–Crippen MR) is 237 cm³/mol. The Hall–Kier alpha value is -2.87. The van der Waals surface area contributed by atoms with Crippen LogP contribution in [0.25, 0.3) is 0 Å². The number of aromatic nitrogens is 2. The van der Waals surface area contributed by atoms with Crippen LogP contribution in [0.4, 0.5) is 11.4 Å². The number of anilines is 1. The highest BCUT2D eigenvalue weighted by molar-refractivity contribution is 8.05. The van der Waals surface area contributed by atoms with E-state index in [-0.39, 0.29) is 10.8 Å². The molecular weight excluding hydrogens is 717 g/mol. The third kappa shape index (κ3) is 8.74. The van der Waals surface area contributed by atoms with Crippen molar-refractivity contribution >= 4 is 51.9 Å². The molecule has 0 N–H and O–H groups in total. The number of hydrogen-bond donors (Lipinski definition) is 0. The molecule has 2 aliphatic heterocycles. The van der Waals surface area contributed by atoms with Gasteiger partial charge in [-0.1, -0.05) is 157 Å². The highest BCUT2D eigenvalue weighted by Crippen LogP contribution is 2.49. The smallest absolute Gasteiger partial charge is 0.209 e. The van der Waals surface area contributed by atoms with E-state index in [1.165, 1.54) is 101 Å². The SMILES string of the molecule is CCCCC(CC)CSc1nnc(SC2=C(/C=C/C3=[N+](CCCC)c4ccccc4C3(C)C)CC/C2=C\C=C2\N(CCCC)c3ccccc3C2(C)C)s1. The first-order valence-electron chi connectivity index (χ1n) is 20.7. The van der Waals surface area contributed by atoms with Crippen LogP contribution in [-0.2, 0) is 10.8 Å². The first-order chi connectivity index (χ1) is 26.1. The number of rotatable bonds is 18. The maximum absolute atomic E-state index is 4.77. The lowest BCUT2D eigenvalue weighted by Crippen LogP contribution is -2.28. The van der Waals surface area contributed by atoms with Gasteiger partial charge >= 0.3 is 0 Å². The minimum atomic E-state index is -0.0553. The van der Waals surface area contributed by atoms with Gasteiger partial charge in [-0.05, 0) is 74.3 Å². The molecular formula is C47H63N4S3+. The Kier molecular flexibility index (Phi) is 13.9. The van der Waals surface area contributed by atoms with Crippen LogP contribution in [-0.4, -0.2) is 39.3 Å². The van der Waals surface area contributed by atoms with Gasteiger partial charge in [0, 0.05) is 58.1 Å². The van der Waals surface area contributed by atoms with Crippen molar-refractivity contribution in [3.05, 3.63) is 106 Å². The summed E-state index contributed by atoms with van der Waals surface area (Å²) >= 11 is 5.51. The molecule has 3 heterocycles. The molecule has 4 nitrogen and oxygen atoms in total. The Morgan fingerprint density at radius 3 is 2.30 bits per heavy atom. The highest BCUT2D eigenvalue weighted by atomic mass is 32.2. The van der Waals surface area contributed by atoms with E-state index in [4.69, 9.17) is 10.2 Å². The van der Waals surface area contributed by atoms with Crippen LogP contribution in [0.15, 0.2) is 103 Å². The molecule has 3 aliphatic rings. The zero-order chi connectivity index (χ0) is 38.3. The topological polar surface area (TPSA) is 32.0 Å². The number of fused-ring (bicyclic) bond motifs is 2. The molecule has 1 atom stereocenters. The fourth-order valence-corrected chi connectivity index (χ4v) is 11.9. The van der Waals surface area contributed by atoms with Crippen molar-refractivity contribution in [3.63, 3.8) is 0 Å². The molecule has 7 heteroatoms. The molecule has 54 heavy (non-hydrogen) atoms. The van der Waals surface area contributed by atoms with Gasteiger partial charge in [0.2, 0.25) is 5.69 Å². The van der Waals surface area contributed by atoms with E-state index in [1.54, 1.807) is 11.3 Å². The molecule has 1 aliphatic carbocycles. The predicted octanol–water partition coefficient (Wildman–Crippen LogP) is 13.8. The largest absolute Gasteiger partial charge is 0.344 e. The quantitative estimate of drug-likeness (QED) is 0.0948. The molecule has 0 bridgehead atoms. The molecule has 288 valence electrons. The van der Waals surface area contributed by atoms with E-state index in [0.29, 0.717) is 0 Å². The Balaban J connectivity index is 1.36. The van der Waals surface area contributed by atoms with Gasteiger partial charge in [-0.25, -0.2) is 0 Å². The molecule has 0 radical (unpaired) electrons. The summed E-state index contributed by atoms with van der Waals surface area (Å²) in [5, 5.41) is 9.46. The zero-order valence-electron chi connectivity index (χ0n) is 34.2. The summed E-state index contributed by atoms with van der Waals surface area (Å²) in [4.78, 5) is 3.94. The normalized spacial score (nSPS) is 19.6. The molecule has 0 fully saturated rings. The molecule has 0 spiro atoms. The number of unbranched alkanes of at least 4 members (excludes halogenated alkanes) is 3. The maximum Gasteiger partial charge on any atom is 0.209 e. The van der Waals surface area contributed by atoms with Crippen molar-refractivity contribution in [2.45, 2.75) is 139 Å². The van der Waals surface area contributed by atoms with Crippen molar-refractivity contribution in [1.29, 1.82) is 0 Å². The van der Waals surface area contributed by atoms with Crippen LogP contribution in [0.5, 0.6) is 0 Å². The lowest BCUT2D eigenvalue weighted by Gasteiger charge is -2.27. The molecule has 0 amide bonds. The zero-order valence-corrected chi connectivity index (χ0v) is 36.7. The number of hydrogen-bond acceptors (Lipinski definition) is 6. The second-order valence-corrected chi connectivity index (χ2v) is 19.8. The first-order valence-corrected chi connectivity index (χ1v) is 23.3. The van der Waals surface area contributed by atoms with Crippen molar-refractivity contribution in [1.82, 2.24) is 10.2 Å². The summed E-state index contributed by atoms with van der Waals surface area (Å²) in [6.45, 7) is 20.9. The molecule has 0 saturated heterocycles. The lowest BCUT2D eigenvalue weighted by molar-refractivity contribution is -0.438. The van der Waals surface area contributed by atoms with Gasteiger partial charge in [-0.15, -0.1) is 10.2 Å². The first kappa shape index (κ1) is 40.8. The van der Waals surface area contributed by atoms with E-state index >= 15 is 0 Å². The standard InChI is InChI=1S/C47H63N4S3/c1-9-13-20-34(12-4)33-52-44-48-49-45(54-44)53-43-35(27-29-41-46(5,6)37-21-16-18-23-39(37)50(41)31-14-10-2)25-26-36(43)28-30-42-47(7,8)38-22-17-19-24-40(38)51(42)32-15-11-3/h16-19,21-24,27-30,34H,9-15,20,25-26,31-33H2,1-8H3/q+1. The van der Waals surface area contributed by atoms with Gasteiger partial charge in [0.05, 0.1) is 5.41 Å². The van der Waals surface area contributed by atoms with Crippen LogP contribution in [0, 0.1) is 5.92 Å². The van der Waals surface area contributed by atoms with E-state index < -0.39 is 0 Å². The number of nitrogens with zero attached hydrogens (tertiary/aromatic N) is 4. The van der Waals surface area contributed by atoms with Crippen LogP contribution in [0.3, 0.4) is 0 Å². The van der Waals surface area contributed by atoms with Gasteiger partial charge in [-0.2, -0.15) is 4.58 Å².